The molecule has 0 radical (unpaired) electrons. The number of hydrogen-bond donors (Lipinski definition) is 0. The van der Waals surface area contributed by atoms with E-state index in [9.17, 15) is 4.79 Å². The Labute approximate surface area is 141 Å². The number of morpholine rings is 1. The van der Waals surface area contributed by atoms with E-state index in [2.05, 4.69) is 29.2 Å². The Morgan fingerprint density at radius 1 is 1.22 bits per heavy atom. The third-order valence-corrected chi connectivity index (χ3v) is 5.14. The summed E-state index contributed by atoms with van der Waals surface area (Å²) >= 11 is 1.51. The highest BCUT2D eigenvalue weighted by atomic mass is 32.1. The van der Waals surface area contributed by atoms with Gasteiger partial charge in [0.1, 0.15) is 0 Å². The normalized spacial score (nSPS) is 14.8. The van der Waals surface area contributed by atoms with Crippen LogP contribution in [0.3, 0.4) is 0 Å². The second kappa shape index (κ2) is 7.15. The summed E-state index contributed by atoms with van der Waals surface area (Å²) in [5, 5.41) is 1.97. The maximum absolute atomic E-state index is 12.5. The van der Waals surface area contributed by atoms with Crippen LogP contribution >= 0.6 is 11.3 Å². The van der Waals surface area contributed by atoms with Crippen molar-refractivity contribution >= 4 is 22.9 Å². The van der Waals surface area contributed by atoms with E-state index in [1.165, 1.54) is 17.0 Å². The van der Waals surface area contributed by atoms with Gasteiger partial charge in [0.25, 0.3) is 5.91 Å². The third-order valence-electron chi connectivity index (χ3n) is 4.14. The van der Waals surface area contributed by atoms with Gasteiger partial charge in [-0.25, -0.2) is 0 Å². The van der Waals surface area contributed by atoms with Gasteiger partial charge in [0.05, 0.1) is 18.1 Å². The van der Waals surface area contributed by atoms with Gasteiger partial charge in [-0.2, -0.15) is 0 Å². The van der Waals surface area contributed by atoms with Gasteiger partial charge >= 0.3 is 0 Å². The standard InChI is InChI=1S/C18H22N2O2S/c1-14-7-12-23-17(14)18(21)19(2)13-15-3-5-16(6-4-15)20-8-10-22-11-9-20/h3-7,12H,8-11,13H2,1-2H3. The summed E-state index contributed by atoms with van der Waals surface area (Å²) in [6.07, 6.45) is 0. The van der Waals surface area contributed by atoms with Crippen molar-refractivity contribution in [3.63, 3.8) is 0 Å². The quantitative estimate of drug-likeness (QED) is 0.863. The average Bonchev–Trinajstić information content (AvgIpc) is 3.01. The lowest BCUT2D eigenvalue weighted by Gasteiger charge is -2.29. The number of anilines is 1. The first-order chi connectivity index (χ1) is 11.1. The summed E-state index contributed by atoms with van der Waals surface area (Å²) in [7, 11) is 1.86. The predicted molar refractivity (Wildman–Crippen MR) is 94.3 cm³/mol. The molecule has 1 aliphatic heterocycles. The van der Waals surface area contributed by atoms with E-state index in [1.54, 1.807) is 4.90 Å². The van der Waals surface area contributed by atoms with Crippen molar-refractivity contribution in [2.24, 2.45) is 0 Å². The van der Waals surface area contributed by atoms with E-state index in [-0.39, 0.29) is 5.91 Å². The van der Waals surface area contributed by atoms with Crippen molar-refractivity contribution in [1.29, 1.82) is 0 Å². The summed E-state index contributed by atoms with van der Waals surface area (Å²) < 4.78 is 5.38. The van der Waals surface area contributed by atoms with Gasteiger partial charge in [0.15, 0.2) is 0 Å². The number of hydrogen-bond acceptors (Lipinski definition) is 4. The number of carbonyl (C=O) groups is 1. The molecule has 23 heavy (non-hydrogen) atoms. The van der Waals surface area contributed by atoms with E-state index in [1.807, 2.05) is 25.4 Å². The molecule has 0 atom stereocenters. The van der Waals surface area contributed by atoms with Crippen LogP contribution in [0.5, 0.6) is 0 Å². The summed E-state index contributed by atoms with van der Waals surface area (Å²) in [5.74, 6) is 0.0924. The minimum atomic E-state index is 0.0924. The SMILES string of the molecule is Cc1ccsc1C(=O)N(C)Cc1ccc(N2CCOCC2)cc1. The van der Waals surface area contributed by atoms with Crippen molar-refractivity contribution in [2.45, 2.75) is 13.5 Å². The van der Waals surface area contributed by atoms with E-state index in [0.29, 0.717) is 6.54 Å². The van der Waals surface area contributed by atoms with Gasteiger partial charge < -0.3 is 14.5 Å². The Kier molecular flexibility index (Phi) is 4.98. The smallest absolute Gasteiger partial charge is 0.264 e. The van der Waals surface area contributed by atoms with Gasteiger partial charge in [0.2, 0.25) is 0 Å². The molecule has 1 aromatic heterocycles. The molecule has 0 bridgehead atoms. The molecule has 3 rings (SSSR count). The molecule has 0 spiro atoms. The van der Waals surface area contributed by atoms with Crippen LogP contribution in [-0.4, -0.2) is 44.2 Å². The fourth-order valence-corrected chi connectivity index (χ4v) is 3.66. The monoisotopic (exact) mass is 330 g/mol. The van der Waals surface area contributed by atoms with E-state index < -0.39 is 0 Å². The number of benzene rings is 1. The van der Waals surface area contributed by atoms with Crippen LogP contribution in [0.1, 0.15) is 20.8 Å². The van der Waals surface area contributed by atoms with Gasteiger partial charge in [0, 0.05) is 32.4 Å². The summed E-state index contributed by atoms with van der Waals surface area (Å²) in [4.78, 5) is 17.4. The van der Waals surface area contributed by atoms with Gasteiger partial charge in [-0.1, -0.05) is 12.1 Å². The second-order valence-electron chi connectivity index (χ2n) is 5.86. The Hall–Kier alpha value is -1.85. The molecule has 5 heteroatoms. The second-order valence-corrected chi connectivity index (χ2v) is 6.78. The minimum absolute atomic E-state index is 0.0924. The zero-order valence-corrected chi connectivity index (χ0v) is 14.4. The zero-order valence-electron chi connectivity index (χ0n) is 13.6. The van der Waals surface area contributed by atoms with Crippen LogP contribution in [0, 0.1) is 6.92 Å². The van der Waals surface area contributed by atoms with Crippen LogP contribution in [0.2, 0.25) is 0 Å². The molecule has 1 amide bonds. The Bertz CT molecular complexity index is 660. The van der Waals surface area contributed by atoms with Crippen molar-refractivity contribution in [1.82, 2.24) is 4.90 Å². The first-order valence-corrected chi connectivity index (χ1v) is 8.74. The molecule has 2 aromatic rings. The van der Waals surface area contributed by atoms with E-state index >= 15 is 0 Å². The number of rotatable bonds is 4. The fourth-order valence-electron chi connectivity index (χ4n) is 2.74. The number of thiophene rings is 1. The highest BCUT2D eigenvalue weighted by Crippen LogP contribution is 2.20. The molecule has 122 valence electrons. The number of aryl methyl sites for hydroxylation is 1. The lowest BCUT2D eigenvalue weighted by atomic mass is 10.1. The van der Waals surface area contributed by atoms with Crippen LogP contribution in [0.15, 0.2) is 35.7 Å². The maximum Gasteiger partial charge on any atom is 0.264 e. The molecule has 0 saturated carbocycles. The molecular formula is C18H22N2O2S. The zero-order chi connectivity index (χ0) is 16.2. The van der Waals surface area contributed by atoms with Gasteiger partial charge in [-0.15, -0.1) is 11.3 Å². The fraction of sp³-hybridized carbons (Fsp3) is 0.389. The van der Waals surface area contributed by atoms with Gasteiger partial charge in [-0.3, -0.25) is 4.79 Å². The third kappa shape index (κ3) is 3.74. The number of ether oxygens (including phenoxy) is 1. The number of amides is 1. The lowest BCUT2D eigenvalue weighted by Crippen LogP contribution is -2.36. The van der Waals surface area contributed by atoms with Crippen LogP contribution in [-0.2, 0) is 11.3 Å². The Morgan fingerprint density at radius 3 is 2.52 bits per heavy atom. The van der Waals surface area contributed by atoms with Gasteiger partial charge in [-0.05, 0) is 41.6 Å². The van der Waals surface area contributed by atoms with E-state index in [0.717, 1.165) is 42.3 Å². The lowest BCUT2D eigenvalue weighted by molar-refractivity contribution is 0.0789. The molecule has 1 fully saturated rings. The minimum Gasteiger partial charge on any atom is -0.378 e. The highest BCUT2D eigenvalue weighted by Gasteiger charge is 2.16. The predicted octanol–water partition coefficient (Wildman–Crippen LogP) is 3.17. The van der Waals surface area contributed by atoms with Crippen LogP contribution in [0.25, 0.3) is 0 Å². The topological polar surface area (TPSA) is 32.8 Å². The molecule has 0 aliphatic carbocycles. The van der Waals surface area contributed by atoms with Crippen LogP contribution < -0.4 is 4.90 Å². The first-order valence-electron chi connectivity index (χ1n) is 7.86. The Morgan fingerprint density at radius 2 is 1.91 bits per heavy atom. The highest BCUT2D eigenvalue weighted by molar-refractivity contribution is 7.12. The van der Waals surface area contributed by atoms with Crippen molar-refractivity contribution in [3.05, 3.63) is 51.7 Å². The molecule has 1 saturated heterocycles. The average molecular weight is 330 g/mol. The van der Waals surface area contributed by atoms with E-state index in [4.69, 9.17) is 4.74 Å². The molecule has 2 heterocycles. The molecule has 1 aliphatic rings. The molecule has 4 nitrogen and oxygen atoms in total. The molecule has 0 unspecified atom stereocenters. The van der Waals surface area contributed by atoms with Crippen molar-refractivity contribution in [3.8, 4) is 0 Å². The van der Waals surface area contributed by atoms with Crippen molar-refractivity contribution in [2.75, 3.05) is 38.3 Å². The number of nitrogens with zero attached hydrogens (tertiary/aromatic N) is 2. The largest absolute Gasteiger partial charge is 0.378 e. The summed E-state index contributed by atoms with van der Waals surface area (Å²) in [6, 6.07) is 10.5. The summed E-state index contributed by atoms with van der Waals surface area (Å²) in [6.45, 7) is 6.07. The van der Waals surface area contributed by atoms with Crippen molar-refractivity contribution < 1.29 is 9.53 Å². The molecule has 1 aromatic carbocycles. The molecular weight excluding hydrogens is 308 g/mol. The summed E-state index contributed by atoms with van der Waals surface area (Å²) in [5.41, 5.74) is 3.42. The first kappa shape index (κ1) is 16.0. The number of carbonyl (C=O) groups excluding carboxylic acids is 1. The molecule has 0 N–H and O–H groups in total. The maximum atomic E-state index is 12.5. The Balaban J connectivity index is 1.63. The van der Waals surface area contributed by atoms with Crippen LogP contribution in [0.4, 0.5) is 5.69 Å².